The van der Waals surface area contributed by atoms with E-state index in [-0.39, 0.29) is 5.97 Å². The standard InChI is InChI=1S/C10H13N5O2/c1-3-6(10(16)17-2)15-5-14-7-8(11)12-4-13-9(7)15/h4-6H,3H2,1-2H3,(H2,11,12,13). The van der Waals surface area contributed by atoms with Gasteiger partial charge in [-0.15, -0.1) is 0 Å². The molecular formula is C10H13N5O2. The maximum atomic E-state index is 11.6. The Morgan fingerprint density at radius 3 is 2.94 bits per heavy atom. The van der Waals surface area contributed by atoms with Gasteiger partial charge in [0.05, 0.1) is 13.4 Å². The largest absolute Gasteiger partial charge is 0.467 e. The highest BCUT2D eigenvalue weighted by atomic mass is 16.5. The van der Waals surface area contributed by atoms with Crippen LogP contribution in [0.2, 0.25) is 0 Å². The normalized spacial score (nSPS) is 12.6. The highest BCUT2D eigenvalue weighted by molar-refractivity contribution is 5.83. The van der Waals surface area contributed by atoms with Gasteiger partial charge in [0, 0.05) is 0 Å². The lowest BCUT2D eigenvalue weighted by Crippen LogP contribution is -2.19. The van der Waals surface area contributed by atoms with Gasteiger partial charge in [-0.25, -0.2) is 19.7 Å². The van der Waals surface area contributed by atoms with Crippen LogP contribution in [0, 0.1) is 0 Å². The monoisotopic (exact) mass is 235 g/mol. The van der Waals surface area contributed by atoms with Crippen LogP contribution in [-0.2, 0) is 9.53 Å². The summed E-state index contributed by atoms with van der Waals surface area (Å²) < 4.78 is 6.40. The third kappa shape index (κ3) is 1.79. The molecule has 1 unspecified atom stereocenters. The molecule has 2 aromatic heterocycles. The van der Waals surface area contributed by atoms with E-state index in [1.807, 2.05) is 6.92 Å². The van der Waals surface area contributed by atoms with Crippen molar-refractivity contribution in [2.45, 2.75) is 19.4 Å². The Morgan fingerprint density at radius 2 is 2.29 bits per heavy atom. The second kappa shape index (κ2) is 4.36. The average molecular weight is 235 g/mol. The van der Waals surface area contributed by atoms with Gasteiger partial charge in [0.15, 0.2) is 11.5 Å². The first-order chi connectivity index (χ1) is 8.19. The Balaban J connectivity index is 2.55. The van der Waals surface area contributed by atoms with Crippen LogP contribution in [0.25, 0.3) is 11.2 Å². The molecule has 0 saturated heterocycles. The molecule has 2 N–H and O–H groups in total. The lowest BCUT2D eigenvalue weighted by atomic mass is 10.2. The van der Waals surface area contributed by atoms with Gasteiger partial charge < -0.3 is 15.0 Å². The zero-order valence-corrected chi connectivity index (χ0v) is 9.62. The lowest BCUT2D eigenvalue weighted by Gasteiger charge is -2.14. The van der Waals surface area contributed by atoms with Crippen LogP contribution in [-0.4, -0.2) is 32.6 Å². The smallest absolute Gasteiger partial charge is 0.328 e. The van der Waals surface area contributed by atoms with Gasteiger partial charge >= 0.3 is 5.97 Å². The van der Waals surface area contributed by atoms with E-state index in [4.69, 9.17) is 10.5 Å². The molecule has 0 amide bonds. The first kappa shape index (κ1) is 11.3. The van der Waals surface area contributed by atoms with E-state index in [1.165, 1.54) is 19.8 Å². The Hall–Kier alpha value is -2.18. The van der Waals surface area contributed by atoms with Crippen LogP contribution in [0.15, 0.2) is 12.7 Å². The summed E-state index contributed by atoms with van der Waals surface area (Å²) in [7, 11) is 1.35. The van der Waals surface area contributed by atoms with Crippen molar-refractivity contribution in [1.82, 2.24) is 19.5 Å². The van der Waals surface area contributed by atoms with E-state index < -0.39 is 6.04 Å². The van der Waals surface area contributed by atoms with Crippen molar-refractivity contribution >= 4 is 23.0 Å². The third-order valence-corrected chi connectivity index (χ3v) is 2.58. The fraction of sp³-hybridized carbons (Fsp3) is 0.400. The van der Waals surface area contributed by atoms with Crippen molar-refractivity contribution in [3.8, 4) is 0 Å². The van der Waals surface area contributed by atoms with E-state index in [1.54, 1.807) is 4.57 Å². The molecule has 0 saturated carbocycles. The number of imidazole rings is 1. The zero-order valence-electron chi connectivity index (χ0n) is 9.62. The average Bonchev–Trinajstić information content (AvgIpc) is 2.75. The number of hydrogen-bond acceptors (Lipinski definition) is 6. The summed E-state index contributed by atoms with van der Waals surface area (Å²) in [6, 6.07) is -0.445. The first-order valence-electron chi connectivity index (χ1n) is 5.19. The van der Waals surface area contributed by atoms with Crippen molar-refractivity contribution < 1.29 is 9.53 Å². The molecule has 0 aliphatic carbocycles. The summed E-state index contributed by atoms with van der Waals surface area (Å²) in [4.78, 5) is 23.7. The number of methoxy groups -OCH3 is 1. The Bertz CT molecular complexity index is 551. The molecule has 0 aliphatic heterocycles. The highest BCUT2D eigenvalue weighted by Crippen LogP contribution is 2.21. The second-order valence-corrected chi connectivity index (χ2v) is 3.53. The number of hydrogen-bond donors (Lipinski definition) is 1. The van der Waals surface area contributed by atoms with Crippen molar-refractivity contribution in [3.05, 3.63) is 12.7 Å². The molecule has 7 heteroatoms. The van der Waals surface area contributed by atoms with E-state index in [9.17, 15) is 4.79 Å². The number of nitrogens with zero attached hydrogens (tertiary/aromatic N) is 4. The first-order valence-corrected chi connectivity index (χ1v) is 5.19. The Kier molecular flexibility index (Phi) is 2.90. The van der Waals surface area contributed by atoms with Crippen LogP contribution in [0.5, 0.6) is 0 Å². The molecule has 2 rings (SSSR count). The van der Waals surface area contributed by atoms with E-state index >= 15 is 0 Å². The predicted molar refractivity (Wildman–Crippen MR) is 61.1 cm³/mol. The van der Waals surface area contributed by atoms with Gasteiger partial charge in [-0.05, 0) is 6.42 Å². The van der Waals surface area contributed by atoms with Gasteiger partial charge in [-0.3, -0.25) is 0 Å². The molecule has 17 heavy (non-hydrogen) atoms. The van der Waals surface area contributed by atoms with Crippen LogP contribution >= 0.6 is 0 Å². The van der Waals surface area contributed by atoms with Gasteiger partial charge in [0.1, 0.15) is 17.9 Å². The molecule has 1 atom stereocenters. The maximum Gasteiger partial charge on any atom is 0.328 e. The molecular weight excluding hydrogens is 222 g/mol. The van der Waals surface area contributed by atoms with Crippen LogP contribution < -0.4 is 5.73 Å². The number of nitrogen functional groups attached to an aromatic ring is 1. The fourth-order valence-corrected chi connectivity index (χ4v) is 1.71. The summed E-state index contributed by atoms with van der Waals surface area (Å²) in [5, 5.41) is 0. The topological polar surface area (TPSA) is 95.9 Å². The summed E-state index contributed by atoms with van der Waals surface area (Å²) in [6.07, 6.45) is 3.46. The molecule has 2 heterocycles. The van der Waals surface area contributed by atoms with Crippen LogP contribution in [0.3, 0.4) is 0 Å². The van der Waals surface area contributed by atoms with Gasteiger partial charge in [-0.2, -0.15) is 0 Å². The molecule has 0 aliphatic rings. The van der Waals surface area contributed by atoms with Crippen molar-refractivity contribution in [2.24, 2.45) is 0 Å². The number of fused-ring (bicyclic) bond motifs is 1. The number of ether oxygens (including phenoxy) is 1. The summed E-state index contributed by atoms with van der Waals surface area (Å²) in [5.41, 5.74) is 6.71. The number of carbonyl (C=O) groups excluding carboxylic acids is 1. The van der Waals surface area contributed by atoms with Crippen molar-refractivity contribution in [2.75, 3.05) is 12.8 Å². The second-order valence-electron chi connectivity index (χ2n) is 3.53. The summed E-state index contributed by atoms with van der Waals surface area (Å²) >= 11 is 0. The highest BCUT2D eigenvalue weighted by Gasteiger charge is 2.22. The maximum absolute atomic E-state index is 11.6. The SMILES string of the molecule is CCC(C(=O)OC)n1cnc2c(N)ncnc21. The number of rotatable bonds is 3. The quantitative estimate of drug-likeness (QED) is 0.779. The zero-order chi connectivity index (χ0) is 12.4. The summed E-state index contributed by atoms with van der Waals surface area (Å²) in [5.74, 6) is -0.0301. The van der Waals surface area contributed by atoms with Gasteiger partial charge in [0.2, 0.25) is 0 Å². The lowest BCUT2D eigenvalue weighted by molar-refractivity contribution is -0.144. The van der Waals surface area contributed by atoms with Gasteiger partial charge in [-0.1, -0.05) is 6.92 Å². The van der Waals surface area contributed by atoms with Gasteiger partial charge in [0.25, 0.3) is 0 Å². The Labute approximate surface area is 97.6 Å². The fourth-order valence-electron chi connectivity index (χ4n) is 1.71. The molecule has 0 bridgehead atoms. The minimum atomic E-state index is -0.445. The number of anilines is 1. The van der Waals surface area contributed by atoms with E-state index in [0.29, 0.717) is 23.4 Å². The molecule has 0 fully saturated rings. The number of nitrogens with two attached hydrogens (primary N) is 1. The number of carbonyl (C=O) groups is 1. The van der Waals surface area contributed by atoms with E-state index in [2.05, 4.69) is 15.0 Å². The van der Waals surface area contributed by atoms with E-state index in [0.717, 1.165) is 0 Å². The third-order valence-electron chi connectivity index (χ3n) is 2.58. The van der Waals surface area contributed by atoms with Crippen molar-refractivity contribution in [1.29, 1.82) is 0 Å². The minimum absolute atomic E-state index is 0.300. The minimum Gasteiger partial charge on any atom is -0.467 e. The summed E-state index contributed by atoms with van der Waals surface area (Å²) in [6.45, 7) is 1.89. The predicted octanol–water partition coefficient (Wildman–Crippen LogP) is 0.533. The van der Waals surface area contributed by atoms with Crippen LogP contribution in [0.4, 0.5) is 5.82 Å². The molecule has 0 aromatic carbocycles. The number of esters is 1. The molecule has 0 spiro atoms. The molecule has 2 aromatic rings. The molecule has 0 radical (unpaired) electrons. The Morgan fingerprint density at radius 1 is 1.53 bits per heavy atom. The molecule has 7 nitrogen and oxygen atoms in total. The molecule has 90 valence electrons. The van der Waals surface area contributed by atoms with Crippen LogP contribution in [0.1, 0.15) is 19.4 Å². The number of aromatic nitrogens is 4. The van der Waals surface area contributed by atoms with Crippen molar-refractivity contribution in [3.63, 3.8) is 0 Å².